The Labute approximate surface area is 159 Å². The summed E-state index contributed by atoms with van der Waals surface area (Å²) >= 11 is 0. The van der Waals surface area contributed by atoms with E-state index in [1.807, 2.05) is 6.07 Å². The van der Waals surface area contributed by atoms with Crippen molar-refractivity contribution in [3.8, 4) is 0 Å². The average molecular weight is 380 g/mol. The van der Waals surface area contributed by atoms with E-state index in [1.54, 1.807) is 58.9 Å². The summed E-state index contributed by atoms with van der Waals surface area (Å²) in [5, 5.41) is 10.3. The minimum atomic E-state index is -2.50. The van der Waals surface area contributed by atoms with Crippen LogP contribution in [0.5, 0.6) is 0 Å². The standard InChI is InChI=1S/C19H28N2O6/c1-13(2)15(22)21(20)19(16(23)24,17(25)27-18(3,4)5)12-26-11-14-9-7-6-8-10-14/h6-10,13H,11-12,20H2,1-5H3,(H,23,24)/t19-/m0/s1. The van der Waals surface area contributed by atoms with E-state index >= 15 is 0 Å². The minimum Gasteiger partial charge on any atom is -0.479 e. The molecule has 150 valence electrons. The number of esters is 1. The number of hydrazine groups is 1. The van der Waals surface area contributed by atoms with Crippen LogP contribution in [0.1, 0.15) is 40.2 Å². The largest absolute Gasteiger partial charge is 0.479 e. The van der Waals surface area contributed by atoms with E-state index in [0.29, 0.717) is 5.01 Å². The topological polar surface area (TPSA) is 119 Å². The van der Waals surface area contributed by atoms with E-state index in [-0.39, 0.29) is 6.61 Å². The van der Waals surface area contributed by atoms with E-state index in [9.17, 15) is 19.5 Å². The molecule has 0 heterocycles. The van der Waals surface area contributed by atoms with Gasteiger partial charge in [0.15, 0.2) is 0 Å². The Bertz CT molecular complexity index is 669. The van der Waals surface area contributed by atoms with Gasteiger partial charge in [0.2, 0.25) is 5.91 Å². The van der Waals surface area contributed by atoms with Crippen molar-refractivity contribution < 1.29 is 29.0 Å². The lowest BCUT2D eigenvalue weighted by Crippen LogP contribution is -2.69. The van der Waals surface area contributed by atoms with Crippen LogP contribution in [0.3, 0.4) is 0 Å². The van der Waals surface area contributed by atoms with Crippen molar-refractivity contribution in [1.82, 2.24) is 5.01 Å². The number of carboxylic acid groups (broad SMARTS) is 1. The summed E-state index contributed by atoms with van der Waals surface area (Å²) < 4.78 is 10.7. The predicted octanol–water partition coefficient (Wildman–Crippen LogP) is 1.73. The summed E-state index contributed by atoms with van der Waals surface area (Å²) in [7, 11) is 0. The Morgan fingerprint density at radius 3 is 2.15 bits per heavy atom. The van der Waals surface area contributed by atoms with E-state index in [4.69, 9.17) is 15.3 Å². The first-order valence-corrected chi connectivity index (χ1v) is 8.59. The number of nitrogens with zero attached hydrogens (tertiary/aromatic N) is 1. The van der Waals surface area contributed by atoms with Crippen molar-refractivity contribution in [2.75, 3.05) is 6.61 Å². The Morgan fingerprint density at radius 2 is 1.70 bits per heavy atom. The van der Waals surface area contributed by atoms with Crippen LogP contribution in [0.15, 0.2) is 30.3 Å². The Balaban J connectivity index is 3.19. The van der Waals surface area contributed by atoms with Crippen molar-refractivity contribution in [2.24, 2.45) is 11.8 Å². The second kappa shape index (κ2) is 8.96. The van der Waals surface area contributed by atoms with Crippen molar-refractivity contribution in [2.45, 2.75) is 52.4 Å². The molecule has 1 rings (SSSR count). The molecule has 0 saturated heterocycles. The second-order valence-electron chi connectivity index (χ2n) is 7.51. The number of aliphatic carboxylic acids is 1. The average Bonchev–Trinajstić information content (AvgIpc) is 2.56. The van der Waals surface area contributed by atoms with Crippen LogP contribution in [0.4, 0.5) is 0 Å². The van der Waals surface area contributed by atoms with E-state index in [1.165, 1.54) is 0 Å². The van der Waals surface area contributed by atoms with Crippen LogP contribution in [0.2, 0.25) is 0 Å². The van der Waals surface area contributed by atoms with Crippen molar-refractivity contribution in [3.05, 3.63) is 35.9 Å². The number of carbonyl (C=O) groups is 3. The fourth-order valence-electron chi connectivity index (χ4n) is 2.20. The van der Waals surface area contributed by atoms with Crippen LogP contribution in [-0.2, 0) is 30.5 Å². The maximum atomic E-state index is 12.8. The lowest BCUT2D eigenvalue weighted by molar-refractivity contribution is -0.189. The summed E-state index contributed by atoms with van der Waals surface area (Å²) in [6, 6.07) is 9.00. The lowest BCUT2D eigenvalue weighted by Gasteiger charge is -2.37. The highest BCUT2D eigenvalue weighted by molar-refractivity contribution is 6.07. The van der Waals surface area contributed by atoms with Gasteiger partial charge in [-0.1, -0.05) is 44.2 Å². The Hall–Kier alpha value is -2.45. The van der Waals surface area contributed by atoms with Gasteiger partial charge in [0, 0.05) is 5.92 Å². The SMILES string of the molecule is CC(C)C(=O)N(N)[C@@](COCc1ccccc1)(C(=O)O)C(=O)OC(C)(C)C. The number of nitrogens with two attached hydrogens (primary N) is 1. The summed E-state index contributed by atoms with van der Waals surface area (Å²) in [5.74, 6) is 1.70. The molecule has 3 N–H and O–H groups in total. The van der Waals surface area contributed by atoms with Gasteiger partial charge in [0.1, 0.15) is 5.60 Å². The van der Waals surface area contributed by atoms with Gasteiger partial charge in [-0.15, -0.1) is 0 Å². The fourth-order valence-corrected chi connectivity index (χ4v) is 2.20. The molecule has 0 saturated carbocycles. The Kier molecular flexibility index (Phi) is 7.50. The number of hydrogen-bond acceptors (Lipinski definition) is 6. The van der Waals surface area contributed by atoms with Crippen molar-refractivity contribution >= 4 is 17.8 Å². The zero-order valence-electron chi connectivity index (χ0n) is 16.4. The molecule has 0 fully saturated rings. The number of carbonyl (C=O) groups excluding carboxylic acids is 2. The third-order valence-corrected chi connectivity index (χ3v) is 3.66. The molecule has 27 heavy (non-hydrogen) atoms. The molecule has 0 unspecified atom stereocenters. The molecule has 0 aromatic heterocycles. The molecule has 0 bridgehead atoms. The van der Waals surface area contributed by atoms with E-state index in [0.717, 1.165) is 5.56 Å². The molecule has 0 aliphatic heterocycles. The highest BCUT2D eigenvalue weighted by atomic mass is 16.6. The summed E-state index contributed by atoms with van der Waals surface area (Å²) in [5.41, 5.74) is -2.69. The van der Waals surface area contributed by atoms with Gasteiger partial charge in [-0.3, -0.25) is 4.79 Å². The molecule has 1 aromatic carbocycles. The highest BCUT2D eigenvalue weighted by Crippen LogP contribution is 2.23. The quantitative estimate of drug-likeness (QED) is 0.232. The van der Waals surface area contributed by atoms with Gasteiger partial charge < -0.3 is 14.6 Å². The van der Waals surface area contributed by atoms with Gasteiger partial charge in [0.25, 0.3) is 5.54 Å². The minimum absolute atomic E-state index is 0.0440. The third-order valence-electron chi connectivity index (χ3n) is 3.66. The van der Waals surface area contributed by atoms with E-state index < -0.39 is 41.5 Å². The molecule has 1 aromatic rings. The molecule has 0 radical (unpaired) electrons. The normalized spacial score (nSPS) is 13.7. The summed E-state index contributed by atoms with van der Waals surface area (Å²) in [6.45, 7) is 7.27. The highest BCUT2D eigenvalue weighted by Gasteiger charge is 2.56. The first-order chi connectivity index (χ1) is 12.4. The number of amides is 1. The molecule has 0 aliphatic carbocycles. The zero-order valence-corrected chi connectivity index (χ0v) is 16.4. The van der Waals surface area contributed by atoms with Gasteiger partial charge in [-0.25, -0.2) is 20.4 Å². The molecular formula is C19H28N2O6. The van der Waals surface area contributed by atoms with Crippen LogP contribution in [0, 0.1) is 5.92 Å². The van der Waals surface area contributed by atoms with Crippen molar-refractivity contribution in [1.29, 1.82) is 0 Å². The van der Waals surface area contributed by atoms with Gasteiger partial charge in [-0.05, 0) is 26.3 Å². The predicted molar refractivity (Wildman–Crippen MR) is 98.2 cm³/mol. The monoisotopic (exact) mass is 380 g/mol. The third kappa shape index (κ3) is 5.77. The molecule has 0 aliphatic rings. The number of benzene rings is 1. The molecule has 1 atom stereocenters. The van der Waals surface area contributed by atoms with Gasteiger partial charge in [0.05, 0.1) is 13.2 Å². The number of ether oxygens (including phenoxy) is 2. The smallest absolute Gasteiger partial charge is 0.348 e. The molecule has 8 heteroatoms. The van der Waals surface area contributed by atoms with Crippen LogP contribution in [-0.4, -0.2) is 45.7 Å². The number of rotatable bonds is 8. The number of carboxylic acids is 1. The maximum Gasteiger partial charge on any atom is 0.348 e. The van der Waals surface area contributed by atoms with Gasteiger partial charge >= 0.3 is 11.9 Å². The zero-order chi connectivity index (χ0) is 20.8. The molecule has 1 amide bonds. The van der Waals surface area contributed by atoms with Gasteiger partial charge in [-0.2, -0.15) is 0 Å². The molecule has 0 spiro atoms. The van der Waals surface area contributed by atoms with Crippen molar-refractivity contribution in [3.63, 3.8) is 0 Å². The van der Waals surface area contributed by atoms with E-state index in [2.05, 4.69) is 0 Å². The first kappa shape index (κ1) is 22.6. The Morgan fingerprint density at radius 1 is 1.15 bits per heavy atom. The van der Waals surface area contributed by atoms with Crippen LogP contribution in [0.25, 0.3) is 0 Å². The molecule has 8 nitrogen and oxygen atoms in total. The lowest BCUT2D eigenvalue weighted by atomic mass is 9.97. The second-order valence-corrected chi connectivity index (χ2v) is 7.51. The first-order valence-electron chi connectivity index (χ1n) is 8.59. The number of hydrogen-bond donors (Lipinski definition) is 2. The maximum absolute atomic E-state index is 12.8. The summed E-state index contributed by atoms with van der Waals surface area (Å²) in [4.78, 5) is 37.3. The summed E-state index contributed by atoms with van der Waals surface area (Å²) in [6.07, 6.45) is 0. The van der Waals surface area contributed by atoms with Crippen LogP contribution >= 0.6 is 0 Å². The molecular weight excluding hydrogens is 352 g/mol. The van der Waals surface area contributed by atoms with Crippen LogP contribution < -0.4 is 5.84 Å². The fraction of sp³-hybridized carbons (Fsp3) is 0.526.